The fraction of sp³-hybridized carbons (Fsp3) is 0.208. The quantitative estimate of drug-likeness (QED) is 0.433. The highest BCUT2D eigenvalue weighted by molar-refractivity contribution is 7.93. The number of anilines is 1. The first-order valence-corrected chi connectivity index (χ1v) is 12.6. The number of carbonyl (C=O) groups excluding carboxylic acids is 1. The molecule has 37 heavy (non-hydrogen) atoms. The highest BCUT2D eigenvalue weighted by Gasteiger charge is 2.59. The second-order valence-electron chi connectivity index (χ2n) is 7.72. The fourth-order valence-corrected chi connectivity index (χ4v) is 6.00. The van der Waals surface area contributed by atoms with Crippen molar-refractivity contribution in [3.05, 3.63) is 70.9 Å². The Morgan fingerprint density at radius 3 is 2.54 bits per heavy atom. The number of nitrogens with one attached hydrogen (secondary N) is 1. The van der Waals surface area contributed by atoms with Crippen LogP contribution in [0.2, 0.25) is 5.02 Å². The zero-order valence-electron chi connectivity index (χ0n) is 19.9. The molecule has 0 radical (unpaired) electrons. The van der Waals surface area contributed by atoms with Gasteiger partial charge in [-0.25, -0.2) is 18.2 Å². The number of halogens is 1. The summed E-state index contributed by atoms with van der Waals surface area (Å²) >= 11 is 6.25. The van der Waals surface area contributed by atoms with Crippen LogP contribution in [0.4, 0.5) is 10.5 Å². The van der Waals surface area contributed by atoms with E-state index in [2.05, 4.69) is 10.3 Å². The topological polar surface area (TPSA) is 144 Å². The molecule has 2 amide bonds. The van der Waals surface area contributed by atoms with Crippen molar-refractivity contribution >= 4 is 39.3 Å². The van der Waals surface area contributed by atoms with Gasteiger partial charge in [-0.15, -0.1) is 0 Å². The number of hydrogen-bond acceptors (Lipinski definition) is 8. The second kappa shape index (κ2) is 9.79. The van der Waals surface area contributed by atoms with Gasteiger partial charge in [0, 0.05) is 22.8 Å². The standard InChI is InChI=1S/C24H22ClN3O8S/c1-4-36-21-16(6-5-11-26-21)24(27-23(30)31)17-12-14(25)7-9-18(17)28(22(24)29)37(32,33)20-10-8-15(34-2)13-19(20)35-3/h5-13,27H,4H2,1-3H3,(H,30,31). The Balaban J connectivity index is 2.05. The van der Waals surface area contributed by atoms with Crippen LogP contribution in [0.1, 0.15) is 18.1 Å². The molecule has 11 nitrogen and oxygen atoms in total. The summed E-state index contributed by atoms with van der Waals surface area (Å²) in [6, 6.07) is 10.9. The van der Waals surface area contributed by atoms with Gasteiger partial charge in [-0.1, -0.05) is 11.6 Å². The summed E-state index contributed by atoms with van der Waals surface area (Å²) in [6.45, 7) is 1.83. The Kier molecular flexibility index (Phi) is 6.89. The van der Waals surface area contributed by atoms with E-state index in [1.54, 1.807) is 6.92 Å². The predicted octanol–water partition coefficient (Wildman–Crippen LogP) is 3.40. The SMILES string of the molecule is CCOc1ncccc1C1(NC(=O)O)C(=O)N(S(=O)(=O)c2ccc(OC)cc2OC)c2ccc(Cl)cc21. The highest BCUT2D eigenvalue weighted by Crippen LogP contribution is 2.50. The monoisotopic (exact) mass is 547 g/mol. The third kappa shape index (κ3) is 4.17. The molecule has 1 aliphatic rings. The Morgan fingerprint density at radius 1 is 1.14 bits per heavy atom. The van der Waals surface area contributed by atoms with Crippen LogP contribution in [-0.2, 0) is 20.4 Å². The maximum absolute atomic E-state index is 14.3. The Hall–Kier alpha value is -4.03. The van der Waals surface area contributed by atoms with E-state index in [-0.39, 0.29) is 45.0 Å². The number of amides is 2. The number of fused-ring (bicyclic) bond motifs is 1. The van der Waals surface area contributed by atoms with Gasteiger partial charge >= 0.3 is 6.09 Å². The lowest BCUT2D eigenvalue weighted by Gasteiger charge is -2.30. The van der Waals surface area contributed by atoms with Crippen molar-refractivity contribution in [2.75, 3.05) is 25.1 Å². The van der Waals surface area contributed by atoms with Crippen molar-refractivity contribution in [1.82, 2.24) is 10.3 Å². The lowest BCUT2D eigenvalue weighted by Crippen LogP contribution is -2.54. The largest absolute Gasteiger partial charge is 0.497 e. The van der Waals surface area contributed by atoms with E-state index in [1.807, 2.05) is 0 Å². The van der Waals surface area contributed by atoms with Crippen LogP contribution in [0.3, 0.4) is 0 Å². The first kappa shape index (κ1) is 26.0. The number of benzene rings is 2. The molecule has 194 valence electrons. The third-order valence-corrected chi connectivity index (χ3v) is 7.70. The van der Waals surface area contributed by atoms with Gasteiger partial charge in [0.25, 0.3) is 15.9 Å². The second-order valence-corrected chi connectivity index (χ2v) is 9.91. The Morgan fingerprint density at radius 2 is 1.89 bits per heavy atom. The summed E-state index contributed by atoms with van der Waals surface area (Å²) in [5, 5.41) is 12.2. The van der Waals surface area contributed by atoms with E-state index < -0.39 is 27.6 Å². The van der Waals surface area contributed by atoms with E-state index in [0.717, 1.165) is 0 Å². The summed E-state index contributed by atoms with van der Waals surface area (Å²) in [5.74, 6) is -0.935. The molecule has 2 N–H and O–H groups in total. The molecule has 0 bridgehead atoms. The van der Waals surface area contributed by atoms with Gasteiger partial charge in [0.1, 0.15) is 16.4 Å². The summed E-state index contributed by atoms with van der Waals surface area (Å²) in [6.07, 6.45) is -0.190. The Labute approximate surface area is 217 Å². The van der Waals surface area contributed by atoms with Crippen molar-refractivity contribution in [2.24, 2.45) is 0 Å². The van der Waals surface area contributed by atoms with Crippen LogP contribution in [0.25, 0.3) is 0 Å². The maximum Gasteiger partial charge on any atom is 0.406 e. The first-order chi connectivity index (χ1) is 17.6. The van der Waals surface area contributed by atoms with E-state index in [4.69, 9.17) is 25.8 Å². The zero-order valence-corrected chi connectivity index (χ0v) is 21.5. The molecule has 0 aliphatic carbocycles. The van der Waals surface area contributed by atoms with Gasteiger partial charge < -0.3 is 19.3 Å². The maximum atomic E-state index is 14.3. The van der Waals surface area contributed by atoms with Crippen LogP contribution >= 0.6 is 11.6 Å². The number of aromatic nitrogens is 1. The molecule has 2 heterocycles. The summed E-state index contributed by atoms with van der Waals surface area (Å²) in [7, 11) is -1.98. The van der Waals surface area contributed by atoms with Crippen LogP contribution in [-0.4, -0.2) is 51.3 Å². The number of hydrogen-bond donors (Lipinski definition) is 2. The van der Waals surface area contributed by atoms with Crippen molar-refractivity contribution in [2.45, 2.75) is 17.4 Å². The number of methoxy groups -OCH3 is 2. The molecule has 0 fully saturated rings. The van der Waals surface area contributed by atoms with Gasteiger partial charge in [-0.3, -0.25) is 10.1 Å². The molecule has 0 saturated heterocycles. The number of pyridine rings is 1. The van der Waals surface area contributed by atoms with Gasteiger partial charge in [0.2, 0.25) is 5.88 Å². The van der Waals surface area contributed by atoms with Crippen LogP contribution < -0.4 is 23.8 Å². The van der Waals surface area contributed by atoms with Crippen LogP contribution in [0, 0.1) is 0 Å². The normalized spacial score (nSPS) is 16.8. The lowest BCUT2D eigenvalue weighted by atomic mass is 9.84. The Bertz CT molecular complexity index is 1500. The number of rotatable bonds is 8. The lowest BCUT2D eigenvalue weighted by molar-refractivity contribution is -0.121. The minimum atomic E-state index is -4.66. The van der Waals surface area contributed by atoms with Gasteiger partial charge in [0.15, 0.2) is 5.54 Å². The van der Waals surface area contributed by atoms with E-state index in [9.17, 15) is 23.1 Å². The summed E-state index contributed by atoms with van der Waals surface area (Å²) < 4.78 is 44.6. The molecule has 13 heteroatoms. The first-order valence-electron chi connectivity index (χ1n) is 10.8. The number of carbonyl (C=O) groups is 2. The van der Waals surface area contributed by atoms with Gasteiger partial charge in [-0.05, 0) is 49.4 Å². The smallest absolute Gasteiger partial charge is 0.406 e. The molecular formula is C24H22ClN3O8S. The number of sulfonamides is 1. The van der Waals surface area contributed by atoms with E-state index in [1.165, 1.54) is 68.9 Å². The molecule has 2 aromatic carbocycles. The number of nitrogens with zero attached hydrogens (tertiary/aromatic N) is 2. The fourth-order valence-electron chi connectivity index (χ4n) is 4.22. The van der Waals surface area contributed by atoms with Crippen molar-refractivity contribution < 1.29 is 37.3 Å². The van der Waals surface area contributed by atoms with Crippen LogP contribution in [0.5, 0.6) is 17.4 Å². The molecule has 3 aromatic rings. The predicted molar refractivity (Wildman–Crippen MR) is 133 cm³/mol. The molecule has 0 spiro atoms. The van der Waals surface area contributed by atoms with Gasteiger partial charge in [-0.2, -0.15) is 4.31 Å². The van der Waals surface area contributed by atoms with Crippen molar-refractivity contribution in [1.29, 1.82) is 0 Å². The molecule has 1 aliphatic heterocycles. The van der Waals surface area contributed by atoms with E-state index >= 15 is 0 Å². The average molecular weight is 548 g/mol. The minimum Gasteiger partial charge on any atom is -0.497 e. The third-order valence-electron chi connectivity index (χ3n) is 5.73. The van der Waals surface area contributed by atoms with Crippen LogP contribution in [0.15, 0.2) is 59.6 Å². The number of carboxylic acid groups (broad SMARTS) is 1. The summed E-state index contributed by atoms with van der Waals surface area (Å²) in [4.78, 5) is 30.1. The van der Waals surface area contributed by atoms with E-state index in [0.29, 0.717) is 10.1 Å². The molecule has 1 unspecified atom stereocenters. The average Bonchev–Trinajstić information content (AvgIpc) is 3.11. The zero-order chi connectivity index (χ0) is 27.0. The molecule has 4 rings (SSSR count). The molecular weight excluding hydrogens is 526 g/mol. The minimum absolute atomic E-state index is 0.00726. The van der Waals surface area contributed by atoms with Crippen molar-refractivity contribution in [3.8, 4) is 17.4 Å². The van der Waals surface area contributed by atoms with Gasteiger partial charge in [0.05, 0.1) is 32.1 Å². The molecule has 0 saturated carbocycles. The van der Waals surface area contributed by atoms with Crippen molar-refractivity contribution in [3.63, 3.8) is 0 Å². The number of ether oxygens (including phenoxy) is 3. The highest BCUT2D eigenvalue weighted by atomic mass is 35.5. The molecule has 1 atom stereocenters. The summed E-state index contributed by atoms with van der Waals surface area (Å²) in [5.41, 5.74) is -2.38. The molecule has 1 aromatic heterocycles.